The lowest BCUT2D eigenvalue weighted by atomic mass is 10.1. The van der Waals surface area contributed by atoms with E-state index in [-0.39, 0.29) is 5.83 Å². The van der Waals surface area contributed by atoms with Crippen LogP contribution in [0.15, 0.2) is 64.8 Å². The standard InChI is InChI=1S/C21H22FN5O2/c1-13(22)3-4-14(2)28-12-16-6-5-15(11-25-16)9-17-10-19(29-27-17)18-7-8-20(23)26-21(18)24/h3-8,10-11H,9,12H2,1-2H3,(H4,23,24,26)/b13-3+,14-4+. The van der Waals surface area contributed by atoms with Crippen LogP contribution in [0.2, 0.25) is 0 Å². The molecule has 7 nitrogen and oxygen atoms in total. The number of nitrogens with two attached hydrogens (primary N) is 2. The van der Waals surface area contributed by atoms with Crippen LogP contribution in [0.25, 0.3) is 11.3 Å². The van der Waals surface area contributed by atoms with Gasteiger partial charge >= 0.3 is 0 Å². The van der Waals surface area contributed by atoms with Crippen LogP contribution in [0.1, 0.15) is 30.8 Å². The van der Waals surface area contributed by atoms with Crippen LogP contribution >= 0.6 is 0 Å². The van der Waals surface area contributed by atoms with Gasteiger partial charge in [0.05, 0.1) is 28.5 Å². The third-order valence-electron chi connectivity index (χ3n) is 4.04. The Hall–Kier alpha value is -3.68. The molecule has 0 bridgehead atoms. The highest BCUT2D eigenvalue weighted by atomic mass is 19.1. The Kier molecular flexibility index (Phi) is 6.23. The highest BCUT2D eigenvalue weighted by Gasteiger charge is 2.12. The summed E-state index contributed by atoms with van der Waals surface area (Å²) in [5, 5.41) is 4.08. The van der Waals surface area contributed by atoms with Gasteiger partial charge in [-0.15, -0.1) is 0 Å². The van der Waals surface area contributed by atoms with Crippen molar-refractivity contribution in [3.8, 4) is 11.3 Å². The fourth-order valence-electron chi connectivity index (χ4n) is 2.54. The molecule has 3 rings (SSSR count). The highest BCUT2D eigenvalue weighted by Crippen LogP contribution is 2.26. The molecule has 29 heavy (non-hydrogen) atoms. The van der Waals surface area contributed by atoms with E-state index in [9.17, 15) is 4.39 Å². The van der Waals surface area contributed by atoms with Gasteiger partial charge in [-0.25, -0.2) is 9.37 Å². The lowest BCUT2D eigenvalue weighted by Gasteiger charge is -2.06. The number of pyridine rings is 2. The lowest BCUT2D eigenvalue weighted by molar-refractivity contribution is 0.197. The predicted octanol–water partition coefficient (Wildman–Crippen LogP) is 4.18. The molecule has 8 heteroatoms. The van der Waals surface area contributed by atoms with E-state index >= 15 is 0 Å². The number of anilines is 2. The second-order valence-corrected chi connectivity index (χ2v) is 6.51. The van der Waals surface area contributed by atoms with Crippen LogP contribution in [0.4, 0.5) is 16.0 Å². The smallest absolute Gasteiger partial charge is 0.170 e. The molecule has 0 atom stereocenters. The maximum atomic E-state index is 12.7. The molecule has 150 valence electrons. The predicted molar refractivity (Wildman–Crippen MR) is 109 cm³/mol. The summed E-state index contributed by atoms with van der Waals surface area (Å²) in [6.45, 7) is 3.45. The summed E-state index contributed by atoms with van der Waals surface area (Å²) in [5.41, 5.74) is 14.6. The van der Waals surface area contributed by atoms with Gasteiger partial charge in [0.15, 0.2) is 5.76 Å². The minimum absolute atomic E-state index is 0.276. The second kappa shape index (κ2) is 9.01. The first-order valence-electron chi connectivity index (χ1n) is 8.96. The molecule has 0 radical (unpaired) electrons. The number of rotatable bonds is 7. The number of aromatic nitrogens is 3. The minimum Gasteiger partial charge on any atom is -0.492 e. The molecule has 0 unspecified atom stereocenters. The van der Waals surface area contributed by atoms with Crippen molar-refractivity contribution >= 4 is 11.6 Å². The third kappa shape index (κ3) is 5.65. The molecule has 0 aliphatic carbocycles. The number of nitrogens with zero attached hydrogens (tertiary/aromatic N) is 3. The summed E-state index contributed by atoms with van der Waals surface area (Å²) in [7, 11) is 0. The number of halogens is 1. The molecule has 0 spiro atoms. The van der Waals surface area contributed by atoms with Gasteiger partial charge in [0, 0.05) is 18.7 Å². The molecule has 4 N–H and O–H groups in total. The summed E-state index contributed by atoms with van der Waals surface area (Å²) < 4.78 is 23.6. The van der Waals surface area contributed by atoms with E-state index in [1.54, 1.807) is 31.3 Å². The van der Waals surface area contributed by atoms with E-state index in [0.29, 0.717) is 41.7 Å². The maximum Gasteiger partial charge on any atom is 0.170 e. The molecule has 3 aromatic rings. The number of hydrogen-bond donors (Lipinski definition) is 2. The zero-order chi connectivity index (χ0) is 20.8. The molecular formula is C21H22FN5O2. The van der Waals surface area contributed by atoms with Gasteiger partial charge in [0.2, 0.25) is 0 Å². The Morgan fingerprint density at radius 3 is 2.66 bits per heavy atom. The van der Waals surface area contributed by atoms with E-state index in [2.05, 4.69) is 15.1 Å². The molecule has 3 heterocycles. The van der Waals surface area contributed by atoms with E-state index < -0.39 is 0 Å². The normalized spacial score (nSPS) is 12.2. The molecule has 3 aromatic heterocycles. The van der Waals surface area contributed by atoms with Crippen molar-refractivity contribution in [2.75, 3.05) is 11.5 Å². The summed E-state index contributed by atoms with van der Waals surface area (Å²) in [5.74, 6) is 1.50. The number of allylic oxidation sites excluding steroid dienone is 4. The van der Waals surface area contributed by atoms with Gasteiger partial charge in [-0.3, -0.25) is 4.98 Å². The van der Waals surface area contributed by atoms with Gasteiger partial charge in [-0.2, -0.15) is 0 Å². The van der Waals surface area contributed by atoms with Crippen LogP contribution in [-0.4, -0.2) is 15.1 Å². The molecule has 0 aliphatic rings. The van der Waals surface area contributed by atoms with Crippen LogP contribution in [0, 0.1) is 0 Å². The first-order chi connectivity index (χ1) is 13.9. The quantitative estimate of drug-likeness (QED) is 0.456. The van der Waals surface area contributed by atoms with E-state index in [0.717, 1.165) is 17.0 Å². The van der Waals surface area contributed by atoms with Crippen LogP contribution in [0.3, 0.4) is 0 Å². The van der Waals surface area contributed by atoms with Crippen molar-refractivity contribution in [1.82, 2.24) is 15.1 Å². The van der Waals surface area contributed by atoms with E-state index in [1.807, 2.05) is 18.2 Å². The van der Waals surface area contributed by atoms with Crippen molar-refractivity contribution in [3.05, 3.63) is 77.2 Å². The second-order valence-electron chi connectivity index (χ2n) is 6.51. The summed E-state index contributed by atoms with van der Waals surface area (Å²) in [4.78, 5) is 8.41. The van der Waals surface area contributed by atoms with Crippen LogP contribution in [0.5, 0.6) is 0 Å². The molecule has 0 fully saturated rings. The molecular weight excluding hydrogens is 373 g/mol. The average Bonchev–Trinajstić information content (AvgIpc) is 3.14. The number of nitrogen functional groups attached to an aromatic ring is 2. The van der Waals surface area contributed by atoms with Gasteiger partial charge in [-0.05, 0) is 49.8 Å². The Balaban J connectivity index is 1.61. The number of hydrogen-bond acceptors (Lipinski definition) is 7. The Morgan fingerprint density at radius 2 is 1.97 bits per heavy atom. The number of ether oxygens (including phenoxy) is 1. The van der Waals surface area contributed by atoms with Gasteiger partial charge in [0.25, 0.3) is 0 Å². The molecule has 0 saturated carbocycles. The fraction of sp³-hybridized carbons (Fsp3) is 0.190. The summed E-state index contributed by atoms with van der Waals surface area (Å²) in [6, 6.07) is 9.05. The van der Waals surface area contributed by atoms with Crippen molar-refractivity contribution in [1.29, 1.82) is 0 Å². The van der Waals surface area contributed by atoms with E-state index in [1.165, 1.54) is 13.0 Å². The van der Waals surface area contributed by atoms with Crippen molar-refractivity contribution in [2.45, 2.75) is 26.9 Å². The molecule has 0 aliphatic heterocycles. The van der Waals surface area contributed by atoms with Gasteiger partial charge in [-0.1, -0.05) is 11.2 Å². The Morgan fingerprint density at radius 1 is 1.14 bits per heavy atom. The van der Waals surface area contributed by atoms with Crippen molar-refractivity contribution in [3.63, 3.8) is 0 Å². The lowest BCUT2D eigenvalue weighted by Crippen LogP contribution is -1.97. The maximum absolute atomic E-state index is 12.7. The molecule has 0 aromatic carbocycles. The van der Waals surface area contributed by atoms with Crippen LogP contribution in [-0.2, 0) is 17.8 Å². The zero-order valence-corrected chi connectivity index (χ0v) is 16.2. The SMILES string of the molecule is C/C(F)=C\C=C(/C)OCc1ccc(Cc2cc(-c3ccc(N)nc3N)on2)cn1. The van der Waals surface area contributed by atoms with Gasteiger partial charge < -0.3 is 20.7 Å². The Bertz CT molecular complexity index is 1040. The average molecular weight is 395 g/mol. The molecule has 0 saturated heterocycles. The summed E-state index contributed by atoms with van der Waals surface area (Å²) >= 11 is 0. The largest absolute Gasteiger partial charge is 0.492 e. The summed E-state index contributed by atoms with van der Waals surface area (Å²) in [6.07, 6.45) is 5.25. The van der Waals surface area contributed by atoms with Crippen molar-refractivity contribution in [2.24, 2.45) is 0 Å². The molecule has 0 amide bonds. The zero-order valence-electron chi connectivity index (χ0n) is 16.2. The Labute approximate surface area is 167 Å². The van der Waals surface area contributed by atoms with Gasteiger partial charge in [0.1, 0.15) is 18.2 Å². The minimum atomic E-state index is -0.276. The monoisotopic (exact) mass is 395 g/mol. The first-order valence-corrected chi connectivity index (χ1v) is 8.96. The van der Waals surface area contributed by atoms with Crippen LogP contribution < -0.4 is 11.5 Å². The topological polar surface area (TPSA) is 113 Å². The highest BCUT2D eigenvalue weighted by molar-refractivity contribution is 5.71. The van der Waals surface area contributed by atoms with E-state index in [4.69, 9.17) is 20.7 Å². The third-order valence-corrected chi connectivity index (χ3v) is 4.04. The first kappa shape index (κ1) is 20.1. The fourth-order valence-corrected chi connectivity index (χ4v) is 2.54. The van der Waals surface area contributed by atoms with Crippen molar-refractivity contribution < 1.29 is 13.7 Å².